The van der Waals surface area contributed by atoms with E-state index in [-0.39, 0.29) is 0 Å². The van der Waals surface area contributed by atoms with E-state index in [0.717, 1.165) is 14.7 Å². The summed E-state index contributed by atoms with van der Waals surface area (Å²) in [5.74, 6) is 0. The van der Waals surface area contributed by atoms with Crippen LogP contribution in [0.15, 0.2) is 70.4 Å². The number of halogens is 2. The van der Waals surface area contributed by atoms with E-state index in [1.807, 2.05) is 26.0 Å². The molecule has 0 radical (unpaired) electrons. The van der Waals surface area contributed by atoms with Crippen LogP contribution in [0.3, 0.4) is 0 Å². The van der Waals surface area contributed by atoms with Gasteiger partial charge in [0.1, 0.15) is 0 Å². The van der Waals surface area contributed by atoms with Crippen LogP contribution in [0, 0.1) is 0 Å². The molecule has 0 aliphatic heterocycles. The molecule has 2 heteroatoms. The van der Waals surface area contributed by atoms with Gasteiger partial charge in [0.25, 0.3) is 0 Å². The Balaban J connectivity index is 0. The summed E-state index contributed by atoms with van der Waals surface area (Å²) < 4.78 is 0.949. The van der Waals surface area contributed by atoms with E-state index >= 15 is 0 Å². The number of rotatable bonds is 4. The fourth-order valence-electron chi connectivity index (χ4n) is 0.465. The van der Waals surface area contributed by atoms with Crippen LogP contribution in [-0.2, 0) is 0 Å². The van der Waals surface area contributed by atoms with Crippen molar-refractivity contribution >= 4 is 34.2 Å². The fourth-order valence-corrected chi connectivity index (χ4v) is 0.708. The third-order valence-corrected chi connectivity index (χ3v) is 1.58. The Bertz CT molecular complexity index is 267. The molecule has 16 heavy (non-hydrogen) atoms. The van der Waals surface area contributed by atoms with Gasteiger partial charge in [-0.25, -0.2) is 0 Å². The highest BCUT2D eigenvalue weighted by Gasteiger charge is 1.76. The quantitative estimate of drug-likeness (QED) is 0.436. The molecule has 0 aliphatic carbocycles. The molecule has 0 aromatic heterocycles. The average Bonchev–Trinajstić information content (AvgIpc) is 2.12. The van der Waals surface area contributed by atoms with Crippen LogP contribution in [0.4, 0.5) is 0 Å². The van der Waals surface area contributed by atoms with Gasteiger partial charge in [-0.2, -0.15) is 0 Å². The van der Waals surface area contributed by atoms with Crippen molar-refractivity contribution in [3.8, 4) is 0 Å². The molecule has 0 aromatic carbocycles. The van der Waals surface area contributed by atoms with Crippen molar-refractivity contribution in [3.05, 3.63) is 70.4 Å². The lowest BCUT2D eigenvalue weighted by molar-refractivity contribution is 1.50. The minimum absolute atomic E-state index is 0.530. The Kier molecular flexibility index (Phi) is 12.2. The van der Waals surface area contributed by atoms with Crippen molar-refractivity contribution in [2.24, 2.45) is 0 Å². The van der Waals surface area contributed by atoms with Crippen LogP contribution in [0.25, 0.3) is 0 Å². The normalized spacial score (nSPS) is 9.75. The molecule has 0 heterocycles. The lowest BCUT2D eigenvalue weighted by Crippen LogP contribution is -1.62. The van der Waals surface area contributed by atoms with Gasteiger partial charge in [0, 0.05) is 8.61 Å². The van der Waals surface area contributed by atoms with E-state index in [1.165, 1.54) is 0 Å². The van der Waals surface area contributed by atoms with Gasteiger partial charge < -0.3 is 0 Å². The molecule has 0 rings (SSSR count). The van der Waals surface area contributed by atoms with Gasteiger partial charge in [-0.3, -0.25) is 0 Å². The van der Waals surface area contributed by atoms with Gasteiger partial charge in [0.05, 0.1) is 0 Å². The molecule has 88 valence electrons. The van der Waals surface area contributed by atoms with Gasteiger partial charge >= 0.3 is 0 Å². The lowest BCUT2D eigenvalue weighted by Gasteiger charge is -1.84. The summed E-state index contributed by atoms with van der Waals surface area (Å²) in [6, 6.07) is 0. The van der Waals surface area contributed by atoms with Crippen LogP contribution < -0.4 is 0 Å². The second-order valence-corrected chi connectivity index (χ2v) is 5.12. The molecule has 0 N–H and O–H groups in total. The van der Waals surface area contributed by atoms with E-state index in [0.29, 0.717) is 5.03 Å². The Morgan fingerprint density at radius 2 is 1.25 bits per heavy atom. The highest BCUT2D eigenvalue weighted by Crippen LogP contribution is 2.06. The van der Waals surface area contributed by atoms with Crippen molar-refractivity contribution in [2.75, 3.05) is 0 Å². The molecular weight excluding hydrogens is 331 g/mol. The van der Waals surface area contributed by atoms with Gasteiger partial charge in [0.15, 0.2) is 0 Å². The second kappa shape index (κ2) is 11.0. The zero-order valence-electron chi connectivity index (χ0n) is 9.89. The third-order valence-electron chi connectivity index (χ3n) is 1.10. The zero-order valence-corrected chi connectivity index (χ0v) is 12.8. The monoisotopic (exact) mass is 348 g/mol. The van der Waals surface area contributed by atoms with Crippen molar-refractivity contribution in [2.45, 2.75) is 13.8 Å². The van der Waals surface area contributed by atoms with Crippen LogP contribution in [0.2, 0.25) is 0 Å². The average molecular weight is 349 g/mol. The summed E-state index contributed by atoms with van der Waals surface area (Å²) in [5.41, 5.74) is 2.13. The van der Waals surface area contributed by atoms with Crippen molar-refractivity contribution in [1.29, 1.82) is 0 Å². The van der Waals surface area contributed by atoms with Crippen molar-refractivity contribution in [1.82, 2.24) is 0 Å². The maximum absolute atomic E-state index is 5.40. The SMILES string of the molecule is C=C(C)/C=C\C(=C)C.C=C(Cl)/C=C\C(=C)I. The zero-order chi connectivity index (χ0) is 13.1. The van der Waals surface area contributed by atoms with E-state index in [4.69, 9.17) is 11.6 Å². The molecule has 0 spiro atoms. The summed E-state index contributed by atoms with van der Waals surface area (Å²) in [6.45, 7) is 18.4. The summed E-state index contributed by atoms with van der Waals surface area (Å²) >= 11 is 7.49. The summed E-state index contributed by atoms with van der Waals surface area (Å²) in [4.78, 5) is 0. The fraction of sp³-hybridized carbons (Fsp3) is 0.143. The summed E-state index contributed by atoms with van der Waals surface area (Å²) in [7, 11) is 0. The number of hydrogen-bond donors (Lipinski definition) is 0. The maximum Gasteiger partial charge on any atom is 0.0334 e. The van der Waals surface area contributed by atoms with E-state index < -0.39 is 0 Å². The smallest absolute Gasteiger partial charge is 0.0334 e. The molecule has 0 fully saturated rings. The number of allylic oxidation sites excluding steroid dienone is 8. The molecule has 0 saturated heterocycles. The molecule has 0 atom stereocenters. The number of hydrogen-bond acceptors (Lipinski definition) is 0. The van der Waals surface area contributed by atoms with Crippen molar-refractivity contribution in [3.63, 3.8) is 0 Å². The highest BCUT2D eigenvalue weighted by atomic mass is 127. The van der Waals surface area contributed by atoms with Gasteiger partial charge in [-0.1, -0.05) is 61.2 Å². The maximum atomic E-state index is 5.40. The largest absolute Gasteiger partial charge is 0.0961 e. The minimum Gasteiger partial charge on any atom is -0.0961 e. The standard InChI is InChI=1S/C8H12.C6H6ClI/c1-7(2)5-6-8(3)4;1-5(7)3-4-6(2)8/h5-6H,1,3H2,2,4H3;3-4H,1-2H2/b6-5-;4-3-. The summed E-state index contributed by atoms with van der Waals surface area (Å²) in [6.07, 6.45) is 7.40. The minimum atomic E-state index is 0.530. The molecule has 0 nitrogen and oxygen atoms in total. The van der Waals surface area contributed by atoms with Crippen LogP contribution in [0.1, 0.15) is 13.8 Å². The second-order valence-electron chi connectivity index (χ2n) is 3.25. The predicted molar refractivity (Wildman–Crippen MR) is 86.1 cm³/mol. The van der Waals surface area contributed by atoms with Gasteiger partial charge in [0.2, 0.25) is 0 Å². The van der Waals surface area contributed by atoms with Gasteiger partial charge in [-0.05, 0) is 48.6 Å². The summed E-state index contributed by atoms with van der Waals surface area (Å²) in [5, 5.41) is 0.530. The predicted octanol–water partition coefficient (Wildman–Crippen LogP) is 5.94. The molecule has 0 aromatic rings. The molecule has 0 bridgehead atoms. The molecular formula is C14H18ClI. The van der Waals surface area contributed by atoms with E-state index in [2.05, 4.69) is 48.9 Å². The first-order chi connectivity index (χ1) is 7.25. The molecule has 0 saturated carbocycles. The Morgan fingerprint density at radius 1 is 0.875 bits per heavy atom. The van der Waals surface area contributed by atoms with Crippen molar-refractivity contribution < 1.29 is 0 Å². The first-order valence-electron chi connectivity index (χ1n) is 4.61. The molecule has 0 aliphatic rings. The Labute approximate surface area is 118 Å². The Morgan fingerprint density at radius 3 is 1.38 bits per heavy atom. The van der Waals surface area contributed by atoms with Crippen LogP contribution in [0.5, 0.6) is 0 Å². The van der Waals surface area contributed by atoms with Crippen LogP contribution >= 0.6 is 34.2 Å². The highest BCUT2D eigenvalue weighted by molar-refractivity contribution is 14.1. The molecule has 0 amide bonds. The lowest BCUT2D eigenvalue weighted by atomic mass is 10.2. The van der Waals surface area contributed by atoms with E-state index in [1.54, 1.807) is 12.2 Å². The van der Waals surface area contributed by atoms with E-state index in [9.17, 15) is 0 Å². The Hall–Kier alpha value is -0.540. The first-order valence-corrected chi connectivity index (χ1v) is 6.07. The molecule has 0 unspecified atom stereocenters. The topological polar surface area (TPSA) is 0 Å². The van der Waals surface area contributed by atoms with Gasteiger partial charge in [-0.15, -0.1) is 0 Å². The first kappa shape index (κ1) is 17.8. The van der Waals surface area contributed by atoms with Crippen LogP contribution in [-0.4, -0.2) is 0 Å². The third kappa shape index (κ3) is 23.4.